The first-order valence-corrected chi connectivity index (χ1v) is 8.81. The van der Waals surface area contributed by atoms with E-state index in [-0.39, 0.29) is 11.7 Å². The van der Waals surface area contributed by atoms with Crippen molar-refractivity contribution in [3.8, 4) is 5.75 Å². The lowest BCUT2D eigenvalue weighted by atomic mass is 9.85. The van der Waals surface area contributed by atoms with Crippen LogP contribution in [-0.2, 0) is 0 Å². The molecular weight excluding hydrogens is 322 g/mol. The van der Waals surface area contributed by atoms with Gasteiger partial charge in [0.05, 0.1) is 4.92 Å². The van der Waals surface area contributed by atoms with Gasteiger partial charge < -0.3 is 15.0 Å². The highest BCUT2D eigenvalue weighted by atomic mass is 16.6. The van der Waals surface area contributed by atoms with E-state index < -0.39 is 11.0 Å². The van der Waals surface area contributed by atoms with Crippen molar-refractivity contribution in [3.63, 3.8) is 0 Å². The lowest BCUT2D eigenvalue weighted by Gasteiger charge is -2.28. The molecule has 7 heteroatoms. The highest BCUT2D eigenvalue weighted by Gasteiger charge is 2.21. The van der Waals surface area contributed by atoms with Gasteiger partial charge in [0.15, 0.2) is 0 Å². The van der Waals surface area contributed by atoms with Gasteiger partial charge in [-0.2, -0.15) is 0 Å². The van der Waals surface area contributed by atoms with Gasteiger partial charge in [-0.15, -0.1) is 0 Å². The maximum Gasteiger partial charge on any atom is 0.412 e. The first-order valence-electron chi connectivity index (χ1n) is 8.81. The number of carbonyl (C=O) groups excluding carboxylic acids is 1. The molecule has 0 bridgehead atoms. The van der Waals surface area contributed by atoms with E-state index in [0.717, 1.165) is 13.0 Å². The number of non-ortho nitro benzene ring substituents is 1. The van der Waals surface area contributed by atoms with E-state index >= 15 is 0 Å². The van der Waals surface area contributed by atoms with Crippen molar-refractivity contribution in [2.24, 2.45) is 5.92 Å². The van der Waals surface area contributed by atoms with Crippen LogP contribution >= 0.6 is 0 Å². The van der Waals surface area contributed by atoms with Gasteiger partial charge >= 0.3 is 6.09 Å². The number of nitrogens with one attached hydrogen (secondary N) is 1. The number of carbonyl (C=O) groups is 1. The predicted octanol–water partition coefficient (Wildman–Crippen LogP) is 3.58. The maximum atomic E-state index is 12.2. The average Bonchev–Trinajstić information content (AvgIpc) is 2.55. The largest absolute Gasteiger partial charge is 0.412 e. The van der Waals surface area contributed by atoms with E-state index in [4.69, 9.17) is 4.74 Å². The lowest BCUT2D eigenvalue weighted by Crippen LogP contribution is -2.44. The minimum Gasteiger partial charge on any atom is -0.410 e. The predicted molar refractivity (Wildman–Crippen MR) is 95.8 cm³/mol. The summed E-state index contributed by atoms with van der Waals surface area (Å²) in [7, 11) is 3.97. The van der Waals surface area contributed by atoms with Crippen molar-refractivity contribution in [1.29, 1.82) is 0 Å². The Hall–Kier alpha value is -2.15. The third-order valence-electron chi connectivity index (χ3n) is 4.51. The zero-order valence-corrected chi connectivity index (χ0v) is 14.9. The van der Waals surface area contributed by atoms with Gasteiger partial charge in [0.2, 0.25) is 0 Å². The van der Waals surface area contributed by atoms with Crippen LogP contribution in [0.25, 0.3) is 0 Å². The van der Waals surface area contributed by atoms with E-state index in [2.05, 4.69) is 10.2 Å². The average molecular weight is 349 g/mol. The second kappa shape index (κ2) is 9.36. The molecule has 1 N–H and O–H groups in total. The van der Waals surface area contributed by atoms with Crippen molar-refractivity contribution in [1.82, 2.24) is 10.2 Å². The molecule has 1 aromatic rings. The first kappa shape index (κ1) is 19.2. The van der Waals surface area contributed by atoms with Crippen LogP contribution in [0.1, 0.15) is 38.5 Å². The molecule has 2 rings (SSSR count). The fraction of sp³-hybridized carbons (Fsp3) is 0.611. The first-order chi connectivity index (χ1) is 11.9. The van der Waals surface area contributed by atoms with Crippen molar-refractivity contribution in [2.75, 3.05) is 20.6 Å². The second-order valence-electron chi connectivity index (χ2n) is 6.98. The van der Waals surface area contributed by atoms with Gasteiger partial charge in [-0.05, 0) is 38.6 Å². The Labute approximate surface area is 148 Å². The quantitative estimate of drug-likeness (QED) is 0.601. The van der Waals surface area contributed by atoms with Crippen LogP contribution in [0.5, 0.6) is 5.75 Å². The lowest BCUT2D eigenvalue weighted by molar-refractivity contribution is -0.384. The summed E-state index contributed by atoms with van der Waals surface area (Å²) in [5, 5.41) is 13.6. The molecule has 0 saturated heterocycles. The Morgan fingerprint density at radius 1 is 1.28 bits per heavy atom. The Kier molecular flexibility index (Phi) is 7.18. The van der Waals surface area contributed by atoms with E-state index in [1.54, 1.807) is 0 Å². The molecular formula is C18H27N3O4. The van der Waals surface area contributed by atoms with Gasteiger partial charge in [-0.1, -0.05) is 32.1 Å². The molecule has 1 fully saturated rings. The molecule has 1 saturated carbocycles. The van der Waals surface area contributed by atoms with E-state index in [1.165, 1.54) is 56.4 Å². The fourth-order valence-electron chi connectivity index (χ4n) is 3.38. The molecule has 0 aromatic heterocycles. The fourth-order valence-corrected chi connectivity index (χ4v) is 3.38. The third kappa shape index (κ3) is 6.70. The molecule has 0 aliphatic heterocycles. The highest BCUT2D eigenvalue weighted by molar-refractivity contribution is 5.70. The molecule has 0 unspecified atom stereocenters. The summed E-state index contributed by atoms with van der Waals surface area (Å²) in [6.07, 6.45) is 6.74. The monoisotopic (exact) mass is 349 g/mol. The molecule has 0 radical (unpaired) electrons. The molecule has 0 heterocycles. The van der Waals surface area contributed by atoms with Crippen LogP contribution in [0.15, 0.2) is 24.3 Å². The van der Waals surface area contributed by atoms with Gasteiger partial charge in [-0.3, -0.25) is 10.1 Å². The number of nitro groups is 1. The zero-order chi connectivity index (χ0) is 18.2. The summed E-state index contributed by atoms with van der Waals surface area (Å²) >= 11 is 0. The van der Waals surface area contributed by atoms with Crippen LogP contribution in [0.3, 0.4) is 0 Å². The number of hydrogen-bond acceptors (Lipinski definition) is 5. The second-order valence-corrected chi connectivity index (χ2v) is 6.98. The Bertz CT molecular complexity index is 568. The van der Waals surface area contributed by atoms with Gasteiger partial charge in [0, 0.05) is 24.7 Å². The normalized spacial score (nSPS) is 16.4. The smallest absolute Gasteiger partial charge is 0.410 e. The number of hydrogen-bond donors (Lipinski definition) is 1. The molecule has 1 aliphatic carbocycles. The molecule has 1 aromatic carbocycles. The number of benzene rings is 1. The molecule has 138 valence electrons. The SMILES string of the molecule is CN(C)C[C@H](CC1CCCCC1)NC(=O)Oc1ccc([N+](=O)[O-])cc1. The minimum atomic E-state index is -0.517. The van der Waals surface area contributed by atoms with Crippen molar-refractivity contribution in [2.45, 2.75) is 44.6 Å². The number of ether oxygens (including phenoxy) is 1. The summed E-state index contributed by atoms with van der Waals surface area (Å²) in [5.74, 6) is 0.947. The van der Waals surface area contributed by atoms with Crippen molar-refractivity contribution < 1.29 is 14.5 Å². The van der Waals surface area contributed by atoms with E-state index in [9.17, 15) is 14.9 Å². The van der Waals surface area contributed by atoms with Crippen LogP contribution in [0, 0.1) is 16.0 Å². The standard InChI is InChI=1S/C18H27N3O4/c1-20(2)13-15(12-14-6-4-3-5-7-14)19-18(22)25-17-10-8-16(9-11-17)21(23)24/h8-11,14-15H,3-7,12-13H2,1-2H3,(H,19,22)/t15-/m0/s1. The number of nitrogens with zero attached hydrogens (tertiary/aromatic N) is 2. The highest BCUT2D eigenvalue weighted by Crippen LogP contribution is 2.27. The summed E-state index contributed by atoms with van der Waals surface area (Å²) in [6, 6.07) is 5.53. The molecule has 1 atom stereocenters. The summed E-state index contributed by atoms with van der Waals surface area (Å²) < 4.78 is 5.26. The summed E-state index contributed by atoms with van der Waals surface area (Å²) in [5.41, 5.74) is -0.0319. The summed E-state index contributed by atoms with van der Waals surface area (Å²) in [4.78, 5) is 24.4. The Morgan fingerprint density at radius 2 is 1.92 bits per heavy atom. The van der Waals surface area contributed by atoms with E-state index in [1.807, 2.05) is 14.1 Å². The van der Waals surface area contributed by atoms with Gasteiger partial charge in [-0.25, -0.2) is 4.79 Å². The molecule has 1 amide bonds. The number of nitro benzene ring substituents is 1. The maximum absolute atomic E-state index is 12.2. The van der Waals surface area contributed by atoms with Gasteiger partial charge in [0.1, 0.15) is 5.75 Å². The number of likely N-dealkylation sites (N-methyl/N-ethyl adjacent to an activating group) is 1. The molecule has 1 aliphatic rings. The molecule has 7 nitrogen and oxygen atoms in total. The van der Waals surface area contributed by atoms with E-state index in [0.29, 0.717) is 11.7 Å². The Morgan fingerprint density at radius 3 is 2.48 bits per heavy atom. The summed E-state index contributed by atoms with van der Waals surface area (Å²) in [6.45, 7) is 0.756. The third-order valence-corrected chi connectivity index (χ3v) is 4.51. The van der Waals surface area contributed by atoms with Crippen molar-refractivity contribution >= 4 is 11.8 Å². The van der Waals surface area contributed by atoms with Crippen LogP contribution < -0.4 is 10.1 Å². The number of rotatable bonds is 7. The van der Waals surface area contributed by atoms with Crippen LogP contribution in [0.2, 0.25) is 0 Å². The number of amides is 1. The van der Waals surface area contributed by atoms with Crippen molar-refractivity contribution in [3.05, 3.63) is 34.4 Å². The van der Waals surface area contributed by atoms with Crippen LogP contribution in [0.4, 0.5) is 10.5 Å². The zero-order valence-electron chi connectivity index (χ0n) is 14.9. The molecule has 25 heavy (non-hydrogen) atoms. The van der Waals surface area contributed by atoms with Crippen LogP contribution in [-0.4, -0.2) is 42.6 Å². The minimum absolute atomic E-state index is 0.0312. The van der Waals surface area contributed by atoms with Gasteiger partial charge in [0.25, 0.3) is 5.69 Å². The Balaban J connectivity index is 1.89. The topological polar surface area (TPSA) is 84.7 Å². The molecule has 0 spiro atoms.